The Morgan fingerprint density at radius 3 is 2.41 bits per heavy atom. The second-order valence-corrected chi connectivity index (χ2v) is 10.3. The topological polar surface area (TPSA) is 88.9 Å². The predicted molar refractivity (Wildman–Crippen MR) is 140 cm³/mol. The van der Waals surface area contributed by atoms with Gasteiger partial charge in [0, 0.05) is 22.3 Å². The van der Waals surface area contributed by atoms with Crippen LogP contribution in [-0.4, -0.2) is 32.3 Å². The number of halogens is 1. The summed E-state index contributed by atoms with van der Waals surface area (Å²) in [6, 6.07) is 12.9. The van der Waals surface area contributed by atoms with Crippen molar-refractivity contribution in [1.29, 1.82) is 0 Å². The molecule has 3 aromatic rings. The molecule has 2 aromatic carbocycles. The number of amides is 2. The molecule has 1 atom stereocenters. The normalized spacial score (nSPS) is 12.0. The molecule has 0 bridgehead atoms. The summed E-state index contributed by atoms with van der Waals surface area (Å²) in [7, 11) is 0. The molecule has 0 radical (unpaired) electrons. The van der Waals surface area contributed by atoms with Gasteiger partial charge in [-0.3, -0.25) is 9.59 Å². The number of carbonyl (C=O) groups is 2. The van der Waals surface area contributed by atoms with Gasteiger partial charge >= 0.3 is 0 Å². The van der Waals surface area contributed by atoms with Crippen LogP contribution in [0.15, 0.2) is 52.1 Å². The molecule has 180 valence electrons. The Kier molecular flexibility index (Phi) is 8.90. The predicted octanol–water partition coefficient (Wildman–Crippen LogP) is 5.54. The highest BCUT2D eigenvalue weighted by molar-refractivity contribution is 9.10. The number of anilines is 1. The van der Waals surface area contributed by atoms with Crippen LogP contribution in [0.5, 0.6) is 0 Å². The highest BCUT2D eigenvalue weighted by Gasteiger charge is 2.26. The van der Waals surface area contributed by atoms with Crippen LogP contribution in [-0.2, 0) is 11.3 Å². The quantitative estimate of drug-likeness (QED) is 0.346. The number of nitrogens with one attached hydrogen (secondary N) is 2. The van der Waals surface area contributed by atoms with E-state index in [2.05, 4.69) is 36.8 Å². The first kappa shape index (κ1) is 26.0. The zero-order valence-corrected chi connectivity index (χ0v) is 22.5. The molecule has 1 aromatic heterocycles. The van der Waals surface area contributed by atoms with Crippen LogP contribution in [0.25, 0.3) is 0 Å². The third-order valence-electron chi connectivity index (χ3n) is 5.40. The van der Waals surface area contributed by atoms with Crippen molar-refractivity contribution in [2.24, 2.45) is 5.92 Å². The van der Waals surface area contributed by atoms with Crippen molar-refractivity contribution in [3.63, 3.8) is 0 Å². The fraction of sp³-hybridized carbons (Fsp3) is 0.360. The molecule has 9 heteroatoms. The van der Waals surface area contributed by atoms with Crippen LogP contribution in [0.4, 0.5) is 5.69 Å². The van der Waals surface area contributed by atoms with Gasteiger partial charge in [0.2, 0.25) is 5.91 Å². The third kappa shape index (κ3) is 6.48. The van der Waals surface area contributed by atoms with Crippen molar-refractivity contribution >= 4 is 45.2 Å². The summed E-state index contributed by atoms with van der Waals surface area (Å²) in [6.07, 6.45) is 0. The van der Waals surface area contributed by atoms with Gasteiger partial charge in [-0.2, -0.15) is 0 Å². The molecule has 7 nitrogen and oxygen atoms in total. The third-order valence-corrected chi connectivity index (χ3v) is 6.86. The van der Waals surface area contributed by atoms with Crippen LogP contribution in [0.2, 0.25) is 0 Å². The van der Waals surface area contributed by atoms with Gasteiger partial charge in [-0.1, -0.05) is 59.2 Å². The zero-order valence-electron chi connectivity index (χ0n) is 20.1. The van der Waals surface area contributed by atoms with Crippen molar-refractivity contribution in [2.45, 2.75) is 52.4 Å². The Morgan fingerprint density at radius 2 is 1.79 bits per heavy atom. The lowest BCUT2D eigenvalue weighted by atomic mass is 10.0. The maximum absolute atomic E-state index is 12.9. The number of benzene rings is 2. The van der Waals surface area contributed by atoms with Gasteiger partial charge in [0.05, 0.1) is 11.8 Å². The van der Waals surface area contributed by atoms with E-state index in [9.17, 15) is 9.59 Å². The van der Waals surface area contributed by atoms with Crippen LogP contribution < -0.4 is 10.6 Å². The summed E-state index contributed by atoms with van der Waals surface area (Å²) in [4.78, 5) is 25.4. The average Bonchev–Trinajstić information content (AvgIpc) is 3.20. The number of hydrogen-bond acceptors (Lipinski definition) is 5. The minimum atomic E-state index is -0.310. The van der Waals surface area contributed by atoms with Crippen molar-refractivity contribution in [1.82, 2.24) is 20.1 Å². The second kappa shape index (κ2) is 11.7. The van der Waals surface area contributed by atoms with Crippen molar-refractivity contribution < 1.29 is 9.59 Å². The maximum atomic E-state index is 12.9. The SMILES string of the molecule is CCn1c(SCC(=O)Nc2ccc(Br)cc2C)nnc1[C@H](NC(=O)c1ccc(C)cc1)C(C)C. The lowest BCUT2D eigenvalue weighted by molar-refractivity contribution is -0.113. The smallest absolute Gasteiger partial charge is 0.251 e. The fourth-order valence-corrected chi connectivity index (χ4v) is 4.76. The summed E-state index contributed by atoms with van der Waals surface area (Å²) in [5.74, 6) is 0.726. The first-order valence-corrected chi connectivity index (χ1v) is 13.0. The van der Waals surface area contributed by atoms with Crippen LogP contribution in [0.3, 0.4) is 0 Å². The Labute approximate surface area is 213 Å². The standard InChI is InChI=1S/C25H30BrN5O2S/c1-6-31-23(22(15(2)3)28-24(33)18-9-7-16(4)8-10-18)29-30-25(31)34-14-21(32)27-20-12-11-19(26)13-17(20)5/h7-13,15,22H,6,14H2,1-5H3,(H,27,32)(H,28,33)/t22-/m1/s1. The Bertz CT molecular complexity index is 1160. The van der Waals surface area contributed by atoms with E-state index in [-0.39, 0.29) is 29.5 Å². The molecular formula is C25H30BrN5O2S. The number of thioether (sulfide) groups is 1. The molecule has 0 saturated carbocycles. The first-order valence-electron chi connectivity index (χ1n) is 11.2. The van der Waals surface area contributed by atoms with E-state index >= 15 is 0 Å². The first-order chi connectivity index (χ1) is 16.2. The van der Waals surface area contributed by atoms with E-state index in [1.807, 2.05) is 81.7 Å². The number of nitrogens with zero attached hydrogens (tertiary/aromatic N) is 3. The van der Waals surface area contributed by atoms with E-state index < -0.39 is 0 Å². The fourth-order valence-electron chi connectivity index (χ4n) is 3.48. The Balaban J connectivity index is 1.71. The number of aryl methyl sites for hydroxylation is 2. The molecule has 0 spiro atoms. The van der Waals surface area contributed by atoms with Gasteiger partial charge in [-0.05, 0) is 62.6 Å². The molecule has 0 aliphatic rings. The number of rotatable bonds is 9. The number of hydrogen-bond donors (Lipinski definition) is 2. The monoisotopic (exact) mass is 543 g/mol. The van der Waals surface area contributed by atoms with Crippen molar-refractivity contribution in [2.75, 3.05) is 11.1 Å². The second-order valence-electron chi connectivity index (χ2n) is 8.44. The van der Waals surface area contributed by atoms with Gasteiger partial charge in [0.1, 0.15) is 0 Å². The maximum Gasteiger partial charge on any atom is 0.251 e. The van der Waals surface area contributed by atoms with E-state index in [1.54, 1.807) is 0 Å². The molecule has 2 N–H and O–H groups in total. The minimum absolute atomic E-state index is 0.102. The van der Waals surface area contributed by atoms with Crippen molar-refractivity contribution in [3.05, 3.63) is 69.5 Å². The molecule has 0 aliphatic heterocycles. The summed E-state index contributed by atoms with van der Waals surface area (Å²) >= 11 is 4.76. The Hall–Kier alpha value is -2.65. The van der Waals surface area contributed by atoms with Gasteiger partial charge in [-0.15, -0.1) is 10.2 Å². The van der Waals surface area contributed by atoms with Gasteiger partial charge in [-0.25, -0.2) is 0 Å². The number of aromatic nitrogens is 3. The molecule has 34 heavy (non-hydrogen) atoms. The summed E-state index contributed by atoms with van der Waals surface area (Å²) < 4.78 is 2.93. The average molecular weight is 545 g/mol. The van der Waals surface area contributed by atoms with Crippen LogP contribution in [0, 0.1) is 19.8 Å². The molecular weight excluding hydrogens is 514 g/mol. The summed E-state index contributed by atoms with van der Waals surface area (Å²) in [5.41, 5.74) is 3.47. The Morgan fingerprint density at radius 1 is 1.09 bits per heavy atom. The molecule has 0 unspecified atom stereocenters. The van der Waals surface area contributed by atoms with E-state index in [0.717, 1.165) is 21.3 Å². The van der Waals surface area contributed by atoms with E-state index in [0.29, 0.717) is 23.1 Å². The van der Waals surface area contributed by atoms with Crippen molar-refractivity contribution in [3.8, 4) is 0 Å². The zero-order chi connectivity index (χ0) is 24.8. The largest absolute Gasteiger partial charge is 0.342 e. The lowest BCUT2D eigenvalue weighted by Crippen LogP contribution is -2.33. The molecule has 0 aliphatic carbocycles. The molecule has 2 amide bonds. The summed E-state index contributed by atoms with van der Waals surface area (Å²) in [5, 5.41) is 15.4. The molecule has 1 heterocycles. The minimum Gasteiger partial charge on any atom is -0.342 e. The van der Waals surface area contributed by atoms with E-state index in [4.69, 9.17) is 0 Å². The van der Waals surface area contributed by atoms with Crippen LogP contribution in [0.1, 0.15) is 54.1 Å². The van der Waals surface area contributed by atoms with Crippen LogP contribution >= 0.6 is 27.7 Å². The number of carbonyl (C=O) groups excluding carboxylic acids is 2. The molecule has 3 rings (SSSR count). The van der Waals surface area contributed by atoms with Gasteiger partial charge < -0.3 is 15.2 Å². The molecule has 0 saturated heterocycles. The van der Waals surface area contributed by atoms with Gasteiger partial charge in [0.15, 0.2) is 11.0 Å². The highest BCUT2D eigenvalue weighted by Crippen LogP contribution is 2.26. The highest BCUT2D eigenvalue weighted by atomic mass is 79.9. The molecule has 0 fully saturated rings. The van der Waals surface area contributed by atoms with Gasteiger partial charge in [0.25, 0.3) is 5.91 Å². The van der Waals surface area contributed by atoms with E-state index in [1.165, 1.54) is 11.8 Å². The lowest BCUT2D eigenvalue weighted by Gasteiger charge is -2.22. The summed E-state index contributed by atoms with van der Waals surface area (Å²) in [6.45, 7) is 10.6.